The van der Waals surface area contributed by atoms with Crippen LogP contribution in [0.4, 0.5) is 19.0 Å². The summed E-state index contributed by atoms with van der Waals surface area (Å²) in [4.78, 5) is 22.1. The van der Waals surface area contributed by atoms with Crippen molar-refractivity contribution in [3.05, 3.63) is 54.1 Å². The molecule has 10 heteroatoms. The van der Waals surface area contributed by atoms with Crippen LogP contribution in [0.5, 0.6) is 5.75 Å². The quantitative estimate of drug-likeness (QED) is 0.435. The standard InChI is InChI=1S/C22H19F3N4O3/c1-3-12(2)31-21(30)17-18-20(28-16-7-5-4-6-15(16)27-18)29(19(17)26)13-8-10-14(11-9-13)32-22(23,24)25/h4-12H,3,26H2,1-2H3/t12-/m0/s1. The van der Waals surface area contributed by atoms with Crippen molar-refractivity contribution >= 4 is 34.0 Å². The van der Waals surface area contributed by atoms with Crippen molar-refractivity contribution in [1.82, 2.24) is 14.5 Å². The number of ether oxygens (including phenoxy) is 2. The third-order valence-electron chi connectivity index (χ3n) is 4.91. The van der Waals surface area contributed by atoms with Crippen LogP contribution in [-0.2, 0) is 4.74 Å². The number of carbonyl (C=O) groups is 1. The maximum atomic E-state index is 12.9. The zero-order valence-electron chi connectivity index (χ0n) is 17.2. The van der Waals surface area contributed by atoms with E-state index in [-0.39, 0.29) is 34.4 Å². The van der Waals surface area contributed by atoms with Gasteiger partial charge >= 0.3 is 12.3 Å². The predicted molar refractivity (Wildman–Crippen MR) is 113 cm³/mol. The normalized spacial score (nSPS) is 12.8. The van der Waals surface area contributed by atoms with Crippen LogP contribution in [0.15, 0.2) is 48.5 Å². The van der Waals surface area contributed by atoms with Gasteiger partial charge in [0.25, 0.3) is 0 Å². The van der Waals surface area contributed by atoms with Gasteiger partial charge < -0.3 is 15.2 Å². The average Bonchev–Trinajstić information content (AvgIpc) is 3.02. The Morgan fingerprint density at radius 2 is 1.72 bits per heavy atom. The molecule has 2 heterocycles. The number of aromatic nitrogens is 3. The third kappa shape index (κ3) is 4.03. The van der Waals surface area contributed by atoms with Crippen LogP contribution in [0.1, 0.15) is 30.6 Å². The number of alkyl halides is 3. The smallest absolute Gasteiger partial charge is 0.459 e. The molecule has 0 unspecified atom stereocenters. The van der Waals surface area contributed by atoms with Gasteiger partial charge in [0.1, 0.15) is 22.6 Å². The minimum absolute atomic E-state index is 0.0214. The minimum Gasteiger partial charge on any atom is -0.459 e. The van der Waals surface area contributed by atoms with Gasteiger partial charge in [-0.2, -0.15) is 0 Å². The number of benzene rings is 2. The Hall–Kier alpha value is -3.82. The highest BCUT2D eigenvalue weighted by Crippen LogP contribution is 2.33. The van der Waals surface area contributed by atoms with Gasteiger partial charge in [-0.3, -0.25) is 4.57 Å². The van der Waals surface area contributed by atoms with E-state index in [0.717, 1.165) is 12.1 Å². The molecule has 0 saturated carbocycles. The first kappa shape index (κ1) is 21.4. The second-order valence-corrected chi connectivity index (χ2v) is 7.15. The molecule has 0 aliphatic rings. The molecule has 7 nitrogen and oxygen atoms in total. The van der Waals surface area contributed by atoms with Gasteiger partial charge in [-0.05, 0) is 49.7 Å². The average molecular weight is 444 g/mol. The summed E-state index contributed by atoms with van der Waals surface area (Å²) >= 11 is 0. The second kappa shape index (κ2) is 8.03. The third-order valence-corrected chi connectivity index (χ3v) is 4.91. The zero-order chi connectivity index (χ0) is 23.0. The maximum absolute atomic E-state index is 12.9. The monoisotopic (exact) mass is 444 g/mol. The van der Waals surface area contributed by atoms with Gasteiger partial charge in [-0.15, -0.1) is 13.2 Å². The summed E-state index contributed by atoms with van der Waals surface area (Å²) in [6.07, 6.45) is -4.54. The van der Waals surface area contributed by atoms with E-state index in [0.29, 0.717) is 23.1 Å². The second-order valence-electron chi connectivity index (χ2n) is 7.15. The molecule has 0 spiro atoms. The number of fused-ring (bicyclic) bond motifs is 2. The first-order chi connectivity index (χ1) is 15.2. The van der Waals surface area contributed by atoms with E-state index >= 15 is 0 Å². The summed E-state index contributed by atoms with van der Waals surface area (Å²) in [5.74, 6) is -1.01. The number of halogens is 3. The molecule has 4 rings (SSSR count). The molecule has 4 aromatic rings. The lowest BCUT2D eigenvalue weighted by molar-refractivity contribution is -0.274. The Bertz CT molecular complexity index is 1300. The number of anilines is 1. The van der Waals surface area contributed by atoms with Gasteiger partial charge in [0, 0.05) is 5.69 Å². The molecule has 0 fully saturated rings. The molecular weight excluding hydrogens is 425 g/mol. The van der Waals surface area contributed by atoms with Gasteiger partial charge in [0.2, 0.25) is 0 Å². The van der Waals surface area contributed by atoms with Crippen LogP contribution >= 0.6 is 0 Å². The lowest BCUT2D eigenvalue weighted by Gasteiger charge is -2.12. The molecule has 2 N–H and O–H groups in total. The molecule has 32 heavy (non-hydrogen) atoms. The van der Waals surface area contributed by atoms with Crippen molar-refractivity contribution < 1.29 is 27.4 Å². The molecule has 166 valence electrons. The van der Waals surface area contributed by atoms with E-state index in [2.05, 4.69) is 14.7 Å². The molecule has 2 aromatic heterocycles. The Morgan fingerprint density at radius 3 is 2.31 bits per heavy atom. The topological polar surface area (TPSA) is 92.3 Å². The Balaban J connectivity index is 1.91. The highest BCUT2D eigenvalue weighted by molar-refractivity contribution is 6.09. The zero-order valence-corrected chi connectivity index (χ0v) is 17.2. The SMILES string of the molecule is CC[C@H](C)OC(=O)c1c(N)n(-c2ccc(OC(F)(F)F)cc2)c2nc3ccccc3nc12. The lowest BCUT2D eigenvalue weighted by Crippen LogP contribution is -2.17. The number of para-hydroxylation sites is 2. The van der Waals surface area contributed by atoms with E-state index in [4.69, 9.17) is 10.5 Å². The van der Waals surface area contributed by atoms with Crippen molar-refractivity contribution in [3.63, 3.8) is 0 Å². The largest absolute Gasteiger partial charge is 0.573 e. The van der Waals surface area contributed by atoms with Crippen LogP contribution < -0.4 is 10.5 Å². The van der Waals surface area contributed by atoms with E-state index in [9.17, 15) is 18.0 Å². The molecule has 1 atom stereocenters. The fourth-order valence-electron chi connectivity index (χ4n) is 3.25. The van der Waals surface area contributed by atoms with Crippen LogP contribution in [0.25, 0.3) is 27.9 Å². The number of carbonyl (C=O) groups excluding carboxylic acids is 1. The van der Waals surface area contributed by atoms with Gasteiger partial charge in [0.05, 0.1) is 17.1 Å². The van der Waals surface area contributed by atoms with Crippen molar-refractivity contribution in [2.75, 3.05) is 5.73 Å². The molecule has 0 aliphatic heterocycles. The Morgan fingerprint density at radius 1 is 1.09 bits per heavy atom. The lowest BCUT2D eigenvalue weighted by atomic mass is 10.2. The molecule has 0 bridgehead atoms. The summed E-state index contributed by atoms with van der Waals surface area (Å²) in [7, 11) is 0. The number of esters is 1. The fraction of sp³-hybridized carbons (Fsp3) is 0.227. The molecule has 0 radical (unpaired) electrons. The van der Waals surface area contributed by atoms with Crippen molar-refractivity contribution in [2.24, 2.45) is 0 Å². The predicted octanol–water partition coefficient (Wildman–Crippen LogP) is 5.01. The minimum atomic E-state index is -4.81. The van der Waals surface area contributed by atoms with E-state index in [1.54, 1.807) is 31.2 Å². The summed E-state index contributed by atoms with van der Waals surface area (Å²) in [6, 6.07) is 12.2. The molecule has 0 saturated heterocycles. The van der Waals surface area contributed by atoms with Crippen molar-refractivity contribution in [3.8, 4) is 11.4 Å². The molecule has 0 aliphatic carbocycles. The van der Waals surface area contributed by atoms with E-state index in [1.165, 1.54) is 16.7 Å². The first-order valence-corrected chi connectivity index (χ1v) is 9.81. The van der Waals surface area contributed by atoms with Crippen LogP contribution in [0.3, 0.4) is 0 Å². The number of hydrogen-bond donors (Lipinski definition) is 1. The summed E-state index contributed by atoms with van der Waals surface area (Å²) in [6.45, 7) is 3.64. The van der Waals surface area contributed by atoms with Crippen LogP contribution in [-0.4, -0.2) is 33.0 Å². The first-order valence-electron chi connectivity index (χ1n) is 9.81. The number of nitrogen functional groups attached to an aromatic ring is 1. The molecule has 0 amide bonds. The summed E-state index contributed by atoms with van der Waals surface area (Å²) < 4.78 is 48.3. The highest BCUT2D eigenvalue weighted by atomic mass is 19.4. The van der Waals surface area contributed by atoms with Crippen molar-refractivity contribution in [2.45, 2.75) is 32.7 Å². The van der Waals surface area contributed by atoms with Gasteiger partial charge in [-0.25, -0.2) is 14.8 Å². The summed E-state index contributed by atoms with van der Waals surface area (Å²) in [5.41, 5.74) is 8.42. The van der Waals surface area contributed by atoms with E-state index < -0.39 is 12.3 Å². The number of nitrogens with zero attached hydrogens (tertiary/aromatic N) is 3. The Kier molecular flexibility index (Phi) is 5.37. The van der Waals surface area contributed by atoms with Gasteiger partial charge in [0.15, 0.2) is 5.65 Å². The molecular formula is C22H19F3N4O3. The number of rotatable bonds is 5. The number of nitrogens with two attached hydrogens (primary N) is 1. The van der Waals surface area contributed by atoms with E-state index in [1.807, 2.05) is 6.92 Å². The van der Waals surface area contributed by atoms with Crippen molar-refractivity contribution in [1.29, 1.82) is 0 Å². The Labute approximate surface area is 180 Å². The maximum Gasteiger partial charge on any atom is 0.573 e. The van der Waals surface area contributed by atoms with Crippen LogP contribution in [0, 0.1) is 0 Å². The fourth-order valence-corrected chi connectivity index (χ4v) is 3.25. The van der Waals surface area contributed by atoms with Crippen LogP contribution in [0.2, 0.25) is 0 Å². The number of hydrogen-bond acceptors (Lipinski definition) is 6. The summed E-state index contributed by atoms with van der Waals surface area (Å²) in [5, 5.41) is 0. The molecule has 2 aromatic carbocycles. The highest BCUT2D eigenvalue weighted by Gasteiger charge is 2.31. The van der Waals surface area contributed by atoms with Gasteiger partial charge in [-0.1, -0.05) is 19.1 Å².